The number of nitrogens with one attached hydrogen (secondary N) is 1. The van der Waals surface area contributed by atoms with E-state index in [1.165, 1.54) is 0 Å². The Morgan fingerprint density at radius 1 is 1.47 bits per heavy atom. The van der Waals surface area contributed by atoms with Crippen molar-refractivity contribution in [3.8, 4) is 0 Å². The van der Waals surface area contributed by atoms with Crippen molar-refractivity contribution in [2.75, 3.05) is 5.75 Å². The Kier molecular flexibility index (Phi) is 5.00. The highest BCUT2D eigenvalue weighted by atomic mass is 32.2. The molecule has 1 heterocycles. The topological polar surface area (TPSA) is 62.8 Å². The van der Waals surface area contributed by atoms with Crippen LogP contribution in [-0.4, -0.2) is 16.6 Å². The maximum atomic E-state index is 7.63. The summed E-state index contributed by atoms with van der Waals surface area (Å²) in [4.78, 5) is 4.49. The monoisotopic (exact) mass is 251 g/mol. The zero-order chi connectivity index (χ0) is 13.0. The molecule has 0 fully saturated rings. The molecule has 1 aromatic rings. The van der Waals surface area contributed by atoms with Crippen LogP contribution in [0.2, 0.25) is 0 Å². The van der Waals surface area contributed by atoms with Gasteiger partial charge in [-0.1, -0.05) is 13.8 Å². The molecule has 0 aliphatic carbocycles. The number of hydrogen-bond donors (Lipinski definition) is 2. The number of nitrogens with two attached hydrogens (primary N) is 1. The molecular weight excluding hydrogens is 230 g/mol. The Labute approximate surface area is 108 Å². The van der Waals surface area contributed by atoms with Crippen LogP contribution in [0.4, 0.5) is 0 Å². The first-order chi connectivity index (χ1) is 7.91. The van der Waals surface area contributed by atoms with Crippen molar-refractivity contribution < 1.29 is 0 Å². The van der Waals surface area contributed by atoms with Crippen molar-refractivity contribution in [2.45, 2.75) is 39.1 Å². The summed E-state index contributed by atoms with van der Waals surface area (Å²) in [5.41, 5.74) is 8.45. The summed E-state index contributed by atoms with van der Waals surface area (Å²) in [5, 5.41) is 8.53. The van der Waals surface area contributed by atoms with Gasteiger partial charge in [-0.05, 0) is 43.6 Å². The molecule has 0 saturated carbocycles. The highest BCUT2D eigenvalue weighted by Crippen LogP contribution is 2.25. The lowest BCUT2D eigenvalue weighted by Crippen LogP contribution is -2.15. The molecule has 0 saturated heterocycles. The SMILES string of the molecule is Cc1cc(C)c(C(=N)N)c(SCCC(C)C)n1. The van der Waals surface area contributed by atoms with Crippen molar-refractivity contribution in [2.24, 2.45) is 11.7 Å². The minimum atomic E-state index is 0.113. The molecule has 94 valence electrons. The number of pyridine rings is 1. The molecule has 3 nitrogen and oxygen atoms in total. The fourth-order valence-corrected chi connectivity index (χ4v) is 3.03. The molecule has 0 atom stereocenters. The van der Waals surface area contributed by atoms with Crippen LogP contribution in [0.3, 0.4) is 0 Å². The molecule has 0 aliphatic heterocycles. The van der Waals surface area contributed by atoms with Gasteiger partial charge in [0.15, 0.2) is 0 Å². The maximum absolute atomic E-state index is 7.63. The van der Waals surface area contributed by atoms with E-state index in [0.29, 0.717) is 5.92 Å². The first-order valence-electron chi connectivity index (χ1n) is 5.87. The minimum Gasteiger partial charge on any atom is -0.384 e. The summed E-state index contributed by atoms with van der Waals surface area (Å²) < 4.78 is 0. The maximum Gasteiger partial charge on any atom is 0.125 e. The Balaban J connectivity index is 2.92. The second-order valence-corrected chi connectivity index (χ2v) is 5.79. The third kappa shape index (κ3) is 4.04. The van der Waals surface area contributed by atoms with Gasteiger partial charge in [0.05, 0.1) is 5.56 Å². The van der Waals surface area contributed by atoms with Crippen molar-refractivity contribution >= 4 is 17.6 Å². The van der Waals surface area contributed by atoms with Gasteiger partial charge < -0.3 is 5.73 Å². The van der Waals surface area contributed by atoms with Gasteiger partial charge >= 0.3 is 0 Å². The van der Waals surface area contributed by atoms with Crippen molar-refractivity contribution in [3.63, 3.8) is 0 Å². The molecule has 3 N–H and O–H groups in total. The van der Waals surface area contributed by atoms with Crippen LogP contribution < -0.4 is 5.73 Å². The van der Waals surface area contributed by atoms with E-state index in [-0.39, 0.29) is 5.84 Å². The fraction of sp³-hybridized carbons (Fsp3) is 0.538. The van der Waals surface area contributed by atoms with Crippen LogP contribution >= 0.6 is 11.8 Å². The average Bonchev–Trinajstić information content (AvgIpc) is 2.14. The second-order valence-electron chi connectivity index (χ2n) is 4.71. The molecule has 0 radical (unpaired) electrons. The summed E-state index contributed by atoms with van der Waals surface area (Å²) in [5.74, 6) is 1.82. The molecule has 0 spiro atoms. The van der Waals surface area contributed by atoms with Crippen molar-refractivity contribution in [1.29, 1.82) is 5.41 Å². The van der Waals surface area contributed by atoms with Crippen LogP contribution in [0.1, 0.15) is 37.1 Å². The number of hydrogen-bond acceptors (Lipinski definition) is 3. The molecule has 0 aliphatic rings. The van der Waals surface area contributed by atoms with Crippen LogP contribution in [0, 0.1) is 25.2 Å². The molecule has 0 bridgehead atoms. The predicted molar refractivity (Wildman–Crippen MR) is 74.9 cm³/mol. The van der Waals surface area contributed by atoms with Gasteiger partial charge in [-0.2, -0.15) is 0 Å². The van der Waals surface area contributed by atoms with E-state index < -0.39 is 0 Å². The lowest BCUT2D eigenvalue weighted by molar-refractivity contribution is 0.632. The number of amidine groups is 1. The fourth-order valence-electron chi connectivity index (χ4n) is 1.63. The second kappa shape index (κ2) is 6.05. The van der Waals surface area contributed by atoms with E-state index >= 15 is 0 Å². The number of rotatable bonds is 5. The van der Waals surface area contributed by atoms with Crippen LogP contribution in [-0.2, 0) is 0 Å². The molecule has 17 heavy (non-hydrogen) atoms. The molecule has 0 amide bonds. The minimum absolute atomic E-state index is 0.113. The lowest BCUT2D eigenvalue weighted by Gasteiger charge is -2.12. The number of thioether (sulfide) groups is 1. The van der Waals surface area contributed by atoms with E-state index in [1.54, 1.807) is 11.8 Å². The van der Waals surface area contributed by atoms with E-state index in [9.17, 15) is 0 Å². The zero-order valence-corrected chi connectivity index (χ0v) is 11.8. The van der Waals surface area contributed by atoms with E-state index in [0.717, 1.165) is 34.0 Å². The quantitative estimate of drug-likeness (QED) is 0.480. The molecular formula is C13H21N3S. The first-order valence-corrected chi connectivity index (χ1v) is 6.85. The summed E-state index contributed by atoms with van der Waals surface area (Å²) in [7, 11) is 0. The third-order valence-corrected chi connectivity index (χ3v) is 3.52. The summed E-state index contributed by atoms with van der Waals surface area (Å²) in [6, 6.07) is 1.98. The molecule has 0 unspecified atom stereocenters. The van der Waals surface area contributed by atoms with Gasteiger partial charge in [-0.15, -0.1) is 11.8 Å². The Morgan fingerprint density at radius 3 is 2.65 bits per heavy atom. The summed E-state index contributed by atoms with van der Waals surface area (Å²) in [6.45, 7) is 8.38. The predicted octanol–water partition coefficient (Wildman–Crippen LogP) is 3.12. The number of nitrogens with zero attached hydrogens (tertiary/aromatic N) is 1. The Bertz CT molecular complexity index is 413. The van der Waals surface area contributed by atoms with Crippen molar-refractivity contribution in [1.82, 2.24) is 4.98 Å². The molecule has 1 aromatic heterocycles. The number of aromatic nitrogens is 1. The third-order valence-electron chi connectivity index (χ3n) is 2.51. The first kappa shape index (κ1) is 14.0. The molecule has 1 rings (SSSR count). The largest absolute Gasteiger partial charge is 0.384 e. The molecule has 4 heteroatoms. The van der Waals surface area contributed by atoms with Gasteiger partial charge in [-0.3, -0.25) is 5.41 Å². The summed E-state index contributed by atoms with van der Waals surface area (Å²) >= 11 is 1.70. The number of aryl methyl sites for hydroxylation is 2. The average molecular weight is 251 g/mol. The lowest BCUT2D eigenvalue weighted by atomic mass is 10.1. The van der Waals surface area contributed by atoms with E-state index in [4.69, 9.17) is 11.1 Å². The van der Waals surface area contributed by atoms with Gasteiger partial charge in [0.25, 0.3) is 0 Å². The van der Waals surface area contributed by atoms with Crippen molar-refractivity contribution in [3.05, 3.63) is 22.9 Å². The zero-order valence-electron chi connectivity index (χ0n) is 11.0. The van der Waals surface area contributed by atoms with E-state index in [1.807, 2.05) is 19.9 Å². The van der Waals surface area contributed by atoms with Gasteiger partial charge in [0.2, 0.25) is 0 Å². The van der Waals surface area contributed by atoms with Crippen LogP contribution in [0.15, 0.2) is 11.1 Å². The van der Waals surface area contributed by atoms with E-state index in [2.05, 4.69) is 18.8 Å². The Morgan fingerprint density at radius 2 is 2.12 bits per heavy atom. The van der Waals surface area contributed by atoms with Crippen LogP contribution in [0.5, 0.6) is 0 Å². The highest BCUT2D eigenvalue weighted by Gasteiger charge is 2.12. The van der Waals surface area contributed by atoms with Crippen LogP contribution in [0.25, 0.3) is 0 Å². The highest BCUT2D eigenvalue weighted by molar-refractivity contribution is 7.99. The number of nitrogen functional groups attached to an aromatic ring is 1. The van der Waals surface area contributed by atoms with Gasteiger partial charge in [0.1, 0.15) is 10.9 Å². The van der Waals surface area contributed by atoms with Gasteiger partial charge in [0, 0.05) is 5.69 Å². The summed E-state index contributed by atoms with van der Waals surface area (Å²) in [6.07, 6.45) is 1.15. The normalized spacial score (nSPS) is 10.9. The Hall–Kier alpha value is -1.03. The van der Waals surface area contributed by atoms with Gasteiger partial charge in [-0.25, -0.2) is 4.98 Å². The smallest absolute Gasteiger partial charge is 0.125 e. The molecule has 0 aromatic carbocycles. The standard InChI is InChI=1S/C13H21N3S/c1-8(2)5-6-17-13-11(12(14)15)9(3)7-10(4)16-13/h7-8H,5-6H2,1-4H3,(H3,14,15).